The zero-order valence-corrected chi connectivity index (χ0v) is 15.5. The average Bonchev–Trinajstić information content (AvgIpc) is 2.63. The van der Waals surface area contributed by atoms with Crippen LogP contribution in [-0.2, 0) is 0 Å². The molecule has 0 unspecified atom stereocenters. The van der Waals surface area contributed by atoms with E-state index in [1.54, 1.807) is 18.2 Å². The maximum Gasteiger partial charge on any atom is 0.255 e. The number of hydrogen-bond donors (Lipinski definition) is 1. The van der Waals surface area contributed by atoms with Crippen molar-refractivity contribution in [3.63, 3.8) is 0 Å². The van der Waals surface area contributed by atoms with Gasteiger partial charge in [0.05, 0.1) is 13.2 Å². The third-order valence-electron chi connectivity index (χ3n) is 4.16. The first-order valence-electron chi connectivity index (χ1n) is 8.90. The van der Waals surface area contributed by atoms with Crippen molar-refractivity contribution in [3.05, 3.63) is 53.6 Å². The number of nitrogens with one attached hydrogen (secondary N) is 1. The fourth-order valence-electron chi connectivity index (χ4n) is 2.65. The molecule has 1 N–H and O–H groups in total. The maximum atomic E-state index is 12.7. The molecule has 0 aliphatic heterocycles. The van der Waals surface area contributed by atoms with Crippen molar-refractivity contribution in [3.8, 4) is 11.5 Å². The van der Waals surface area contributed by atoms with Crippen molar-refractivity contribution in [2.45, 2.75) is 40.0 Å². The second-order valence-electron chi connectivity index (χ2n) is 5.88. The molecule has 2 rings (SSSR count). The first kappa shape index (κ1) is 18.8. The van der Waals surface area contributed by atoms with Crippen LogP contribution in [0.2, 0.25) is 0 Å². The minimum atomic E-state index is -0.153. The molecule has 0 saturated heterocycles. The SMILES string of the molecule is CCOc1ccc(C(=O)Nc2ccccc2[C@H](C)CC)cc1OCC. The van der Waals surface area contributed by atoms with Crippen LogP contribution in [0.3, 0.4) is 0 Å². The third kappa shape index (κ3) is 4.75. The van der Waals surface area contributed by atoms with Crippen LogP contribution in [-0.4, -0.2) is 19.1 Å². The van der Waals surface area contributed by atoms with Gasteiger partial charge in [-0.15, -0.1) is 0 Å². The van der Waals surface area contributed by atoms with E-state index in [0.29, 0.717) is 36.2 Å². The van der Waals surface area contributed by atoms with Gasteiger partial charge in [-0.1, -0.05) is 32.0 Å². The largest absolute Gasteiger partial charge is 0.490 e. The Morgan fingerprint density at radius 1 is 1.00 bits per heavy atom. The molecule has 1 atom stereocenters. The summed E-state index contributed by atoms with van der Waals surface area (Å²) in [6.07, 6.45) is 1.02. The van der Waals surface area contributed by atoms with E-state index in [1.165, 1.54) is 0 Å². The van der Waals surface area contributed by atoms with Gasteiger partial charge in [-0.3, -0.25) is 4.79 Å². The van der Waals surface area contributed by atoms with E-state index in [0.717, 1.165) is 17.7 Å². The number of hydrogen-bond acceptors (Lipinski definition) is 3. The van der Waals surface area contributed by atoms with Crippen LogP contribution >= 0.6 is 0 Å². The lowest BCUT2D eigenvalue weighted by Crippen LogP contribution is -2.14. The molecular weight excluding hydrogens is 314 g/mol. The lowest BCUT2D eigenvalue weighted by Gasteiger charge is -2.16. The van der Waals surface area contributed by atoms with Gasteiger partial charge in [-0.05, 0) is 56.0 Å². The molecule has 2 aromatic carbocycles. The number of ether oxygens (including phenoxy) is 2. The number of anilines is 1. The smallest absolute Gasteiger partial charge is 0.255 e. The van der Waals surface area contributed by atoms with Crippen LogP contribution in [0.15, 0.2) is 42.5 Å². The van der Waals surface area contributed by atoms with Crippen molar-refractivity contribution >= 4 is 11.6 Å². The molecule has 0 aliphatic carbocycles. The van der Waals surface area contributed by atoms with Gasteiger partial charge in [0.15, 0.2) is 11.5 Å². The number of rotatable bonds is 8. The molecule has 0 aromatic heterocycles. The van der Waals surface area contributed by atoms with E-state index in [2.05, 4.69) is 25.2 Å². The van der Waals surface area contributed by atoms with Gasteiger partial charge in [0.1, 0.15) is 0 Å². The number of para-hydroxylation sites is 1. The van der Waals surface area contributed by atoms with Gasteiger partial charge in [0.25, 0.3) is 5.91 Å². The highest BCUT2D eigenvalue weighted by atomic mass is 16.5. The molecule has 134 valence electrons. The fourth-order valence-corrected chi connectivity index (χ4v) is 2.65. The zero-order chi connectivity index (χ0) is 18.2. The molecule has 4 heteroatoms. The standard InChI is InChI=1S/C21H27NO3/c1-5-15(4)17-10-8-9-11-18(17)22-21(23)16-12-13-19(24-6-2)20(14-16)25-7-3/h8-15H,5-7H2,1-4H3,(H,22,23)/t15-/m1/s1. The Morgan fingerprint density at radius 2 is 1.68 bits per heavy atom. The summed E-state index contributed by atoms with van der Waals surface area (Å²) in [6.45, 7) is 9.20. The first-order chi connectivity index (χ1) is 12.1. The van der Waals surface area contributed by atoms with Gasteiger partial charge in [0.2, 0.25) is 0 Å². The highest BCUT2D eigenvalue weighted by Gasteiger charge is 2.14. The molecule has 0 bridgehead atoms. The minimum absolute atomic E-state index is 0.153. The van der Waals surface area contributed by atoms with Crippen LogP contribution in [0.4, 0.5) is 5.69 Å². The summed E-state index contributed by atoms with van der Waals surface area (Å²) in [4.78, 5) is 12.7. The van der Waals surface area contributed by atoms with E-state index in [1.807, 2.05) is 32.0 Å². The highest BCUT2D eigenvalue weighted by molar-refractivity contribution is 6.05. The fraction of sp³-hybridized carbons (Fsp3) is 0.381. The Morgan fingerprint density at radius 3 is 2.36 bits per heavy atom. The Bertz CT molecular complexity index is 712. The van der Waals surface area contributed by atoms with Gasteiger partial charge in [-0.25, -0.2) is 0 Å². The number of benzene rings is 2. The molecule has 25 heavy (non-hydrogen) atoms. The Hall–Kier alpha value is -2.49. The summed E-state index contributed by atoms with van der Waals surface area (Å²) in [6, 6.07) is 13.2. The van der Waals surface area contributed by atoms with Crippen LogP contribution in [0.25, 0.3) is 0 Å². The predicted molar refractivity (Wildman–Crippen MR) is 102 cm³/mol. The van der Waals surface area contributed by atoms with Crippen LogP contribution in [0, 0.1) is 0 Å². The van der Waals surface area contributed by atoms with Crippen LogP contribution < -0.4 is 14.8 Å². The third-order valence-corrected chi connectivity index (χ3v) is 4.16. The molecule has 4 nitrogen and oxygen atoms in total. The first-order valence-corrected chi connectivity index (χ1v) is 8.90. The summed E-state index contributed by atoms with van der Waals surface area (Å²) < 4.78 is 11.2. The average molecular weight is 341 g/mol. The highest BCUT2D eigenvalue weighted by Crippen LogP contribution is 2.30. The molecule has 0 saturated carbocycles. The minimum Gasteiger partial charge on any atom is -0.490 e. The lowest BCUT2D eigenvalue weighted by atomic mass is 9.97. The Kier molecular flexibility index (Phi) is 6.87. The van der Waals surface area contributed by atoms with Gasteiger partial charge in [-0.2, -0.15) is 0 Å². The second kappa shape index (κ2) is 9.11. The Balaban J connectivity index is 2.25. The predicted octanol–water partition coefficient (Wildman–Crippen LogP) is 5.25. The van der Waals surface area contributed by atoms with Crippen molar-refractivity contribution in [2.75, 3.05) is 18.5 Å². The summed E-state index contributed by atoms with van der Waals surface area (Å²) in [7, 11) is 0. The monoisotopic (exact) mass is 341 g/mol. The second-order valence-corrected chi connectivity index (χ2v) is 5.88. The van der Waals surface area contributed by atoms with Crippen molar-refractivity contribution in [1.82, 2.24) is 0 Å². The zero-order valence-electron chi connectivity index (χ0n) is 15.5. The van der Waals surface area contributed by atoms with Gasteiger partial charge >= 0.3 is 0 Å². The summed E-state index contributed by atoms with van der Waals surface area (Å²) in [5, 5.41) is 3.03. The van der Waals surface area contributed by atoms with E-state index in [4.69, 9.17) is 9.47 Å². The Labute approximate surface area is 150 Å². The molecule has 0 aliphatic rings. The number of carbonyl (C=O) groups is 1. The van der Waals surface area contributed by atoms with Crippen molar-refractivity contribution in [2.24, 2.45) is 0 Å². The van der Waals surface area contributed by atoms with Crippen molar-refractivity contribution in [1.29, 1.82) is 0 Å². The van der Waals surface area contributed by atoms with E-state index in [9.17, 15) is 4.79 Å². The quantitative estimate of drug-likeness (QED) is 0.713. The molecule has 0 heterocycles. The van der Waals surface area contributed by atoms with E-state index >= 15 is 0 Å². The van der Waals surface area contributed by atoms with Crippen molar-refractivity contribution < 1.29 is 14.3 Å². The number of amides is 1. The summed E-state index contributed by atoms with van der Waals surface area (Å²) in [5.74, 6) is 1.48. The summed E-state index contributed by atoms with van der Waals surface area (Å²) >= 11 is 0. The normalized spacial score (nSPS) is 11.7. The molecule has 2 aromatic rings. The molecular formula is C21H27NO3. The molecule has 0 radical (unpaired) electrons. The van der Waals surface area contributed by atoms with Crippen LogP contribution in [0.1, 0.15) is 56.0 Å². The lowest BCUT2D eigenvalue weighted by molar-refractivity contribution is 0.102. The molecule has 0 spiro atoms. The number of carbonyl (C=O) groups excluding carboxylic acids is 1. The topological polar surface area (TPSA) is 47.6 Å². The van der Waals surface area contributed by atoms with E-state index < -0.39 is 0 Å². The van der Waals surface area contributed by atoms with Gasteiger partial charge < -0.3 is 14.8 Å². The molecule has 1 amide bonds. The maximum absolute atomic E-state index is 12.7. The summed E-state index contributed by atoms with van der Waals surface area (Å²) in [5.41, 5.74) is 2.55. The van der Waals surface area contributed by atoms with E-state index in [-0.39, 0.29) is 5.91 Å². The van der Waals surface area contributed by atoms with Gasteiger partial charge in [0, 0.05) is 11.3 Å². The van der Waals surface area contributed by atoms with Crippen LogP contribution in [0.5, 0.6) is 11.5 Å². The molecule has 0 fully saturated rings.